The fourth-order valence-electron chi connectivity index (χ4n) is 2.87. The summed E-state index contributed by atoms with van der Waals surface area (Å²) < 4.78 is 41.1. The Hall–Kier alpha value is -3.19. The van der Waals surface area contributed by atoms with Crippen molar-refractivity contribution in [3.8, 4) is 0 Å². The van der Waals surface area contributed by atoms with E-state index in [2.05, 4.69) is 4.72 Å². The van der Waals surface area contributed by atoms with Crippen LogP contribution in [0.15, 0.2) is 77.7 Å². The highest BCUT2D eigenvalue weighted by Gasteiger charge is 2.17. The monoisotopic (exact) mass is 412 g/mol. The van der Waals surface area contributed by atoms with Crippen LogP contribution in [0.4, 0.5) is 10.1 Å². The third-order valence-corrected chi connectivity index (χ3v) is 5.84. The van der Waals surface area contributed by atoms with Crippen LogP contribution in [-0.4, -0.2) is 26.3 Å². The third kappa shape index (κ3) is 5.00. The number of amides is 1. The molecule has 3 aromatic carbocycles. The number of hydrogen-bond donors (Lipinski definition) is 1. The molecule has 5 nitrogen and oxygen atoms in total. The van der Waals surface area contributed by atoms with E-state index in [1.54, 1.807) is 31.3 Å². The van der Waals surface area contributed by atoms with Gasteiger partial charge in [-0.1, -0.05) is 30.3 Å². The highest BCUT2D eigenvalue weighted by atomic mass is 32.2. The molecular weight excluding hydrogens is 391 g/mol. The quantitative estimate of drug-likeness (QED) is 0.660. The van der Waals surface area contributed by atoms with Crippen molar-refractivity contribution in [2.45, 2.75) is 18.4 Å². The largest absolute Gasteiger partial charge is 0.337 e. The molecule has 0 saturated carbocycles. The lowest BCUT2D eigenvalue weighted by Gasteiger charge is -2.18. The molecule has 0 fully saturated rings. The predicted molar refractivity (Wildman–Crippen MR) is 111 cm³/mol. The van der Waals surface area contributed by atoms with E-state index in [1.807, 2.05) is 19.1 Å². The molecular formula is C22H21FN2O3S. The second kappa shape index (κ2) is 8.45. The zero-order valence-electron chi connectivity index (χ0n) is 16.1. The predicted octanol–water partition coefficient (Wildman–Crippen LogP) is 4.21. The zero-order chi connectivity index (χ0) is 21.0. The number of hydrogen-bond acceptors (Lipinski definition) is 3. The molecule has 0 atom stereocenters. The molecule has 29 heavy (non-hydrogen) atoms. The molecule has 0 heterocycles. The van der Waals surface area contributed by atoms with Crippen LogP contribution >= 0.6 is 0 Å². The van der Waals surface area contributed by atoms with E-state index in [0.717, 1.165) is 5.56 Å². The summed E-state index contributed by atoms with van der Waals surface area (Å²) in [5, 5.41) is 0. The lowest BCUT2D eigenvalue weighted by molar-refractivity contribution is 0.0785. The summed E-state index contributed by atoms with van der Waals surface area (Å²) >= 11 is 0. The molecule has 0 spiro atoms. The molecule has 0 aliphatic carbocycles. The maximum Gasteiger partial charge on any atom is 0.261 e. The van der Waals surface area contributed by atoms with Gasteiger partial charge in [-0.2, -0.15) is 0 Å². The minimum Gasteiger partial charge on any atom is -0.337 e. The Kier molecular flexibility index (Phi) is 5.98. The van der Waals surface area contributed by atoms with Crippen LogP contribution in [0, 0.1) is 12.7 Å². The molecule has 7 heteroatoms. The first kappa shape index (κ1) is 20.5. The van der Waals surface area contributed by atoms with Crippen LogP contribution in [0.5, 0.6) is 0 Å². The number of anilines is 1. The molecule has 0 saturated heterocycles. The van der Waals surface area contributed by atoms with Crippen LogP contribution in [0.2, 0.25) is 0 Å². The summed E-state index contributed by atoms with van der Waals surface area (Å²) in [6, 6.07) is 18.8. The van der Waals surface area contributed by atoms with Crippen LogP contribution < -0.4 is 4.72 Å². The second-order valence-corrected chi connectivity index (χ2v) is 8.42. The molecule has 3 rings (SSSR count). The van der Waals surface area contributed by atoms with Crippen molar-refractivity contribution in [1.82, 2.24) is 4.90 Å². The van der Waals surface area contributed by atoms with Gasteiger partial charge >= 0.3 is 0 Å². The number of halogens is 1. The molecule has 1 amide bonds. The van der Waals surface area contributed by atoms with Crippen molar-refractivity contribution in [3.63, 3.8) is 0 Å². The molecule has 0 aliphatic rings. The number of nitrogens with zero attached hydrogens (tertiary/aromatic N) is 1. The minimum atomic E-state index is -3.77. The fraction of sp³-hybridized carbons (Fsp3) is 0.136. The summed E-state index contributed by atoms with van der Waals surface area (Å²) in [5.41, 5.74) is 2.32. The normalized spacial score (nSPS) is 11.1. The van der Waals surface area contributed by atoms with Gasteiger partial charge in [0.1, 0.15) is 5.82 Å². The molecule has 0 aliphatic heterocycles. The maximum atomic E-state index is 13.3. The molecule has 0 radical (unpaired) electrons. The summed E-state index contributed by atoms with van der Waals surface area (Å²) in [6.45, 7) is 2.06. The molecule has 1 N–H and O–H groups in total. The summed E-state index contributed by atoms with van der Waals surface area (Å²) in [7, 11) is -2.16. The average molecular weight is 412 g/mol. The minimum absolute atomic E-state index is 0.0603. The smallest absolute Gasteiger partial charge is 0.261 e. The summed E-state index contributed by atoms with van der Waals surface area (Å²) in [6.07, 6.45) is 0. The lowest BCUT2D eigenvalue weighted by atomic mass is 10.1. The van der Waals surface area contributed by atoms with Gasteiger partial charge in [-0.3, -0.25) is 9.52 Å². The van der Waals surface area contributed by atoms with Gasteiger partial charge in [-0.25, -0.2) is 12.8 Å². The number of aryl methyl sites for hydroxylation is 1. The summed E-state index contributed by atoms with van der Waals surface area (Å²) in [4.78, 5) is 14.1. The lowest BCUT2D eigenvalue weighted by Crippen LogP contribution is -2.26. The van der Waals surface area contributed by atoms with E-state index in [-0.39, 0.29) is 23.2 Å². The molecule has 0 unspecified atom stereocenters. The van der Waals surface area contributed by atoms with Gasteiger partial charge in [-0.05, 0) is 60.5 Å². The van der Waals surface area contributed by atoms with Gasteiger partial charge < -0.3 is 4.90 Å². The van der Waals surface area contributed by atoms with Crippen molar-refractivity contribution in [3.05, 3.63) is 95.3 Å². The molecule has 150 valence electrons. The standard InChI is InChI=1S/C22H21FN2O3S/c1-16-6-3-4-9-21(16)24-29(27,28)20-12-10-18(11-13-20)22(26)25(2)15-17-7-5-8-19(23)14-17/h3-14,24H,15H2,1-2H3. The Morgan fingerprint density at radius 1 is 1.00 bits per heavy atom. The van der Waals surface area contributed by atoms with Gasteiger partial charge in [0.25, 0.3) is 15.9 Å². The maximum absolute atomic E-state index is 13.3. The number of benzene rings is 3. The number of carbonyl (C=O) groups is 1. The first-order valence-corrected chi connectivity index (χ1v) is 10.4. The highest BCUT2D eigenvalue weighted by Crippen LogP contribution is 2.20. The number of nitrogens with one attached hydrogen (secondary N) is 1. The van der Waals surface area contributed by atoms with Crippen molar-refractivity contribution in [2.75, 3.05) is 11.8 Å². The Morgan fingerprint density at radius 2 is 1.69 bits per heavy atom. The summed E-state index contributed by atoms with van der Waals surface area (Å²) in [5.74, 6) is -0.649. The average Bonchev–Trinajstić information content (AvgIpc) is 2.69. The van der Waals surface area contributed by atoms with Crippen LogP contribution in [-0.2, 0) is 16.6 Å². The SMILES string of the molecule is Cc1ccccc1NS(=O)(=O)c1ccc(C(=O)N(C)Cc2cccc(F)c2)cc1. The van der Waals surface area contributed by atoms with Gasteiger partial charge in [0.2, 0.25) is 0 Å². The van der Waals surface area contributed by atoms with E-state index < -0.39 is 10.0 Å². The molecule has 3 aromatic rings. The number of carbonyl (C=O) groups excluding carboxylic acids is 1. The van der Waals surface area contributed by atoms with Gasteiger partial charge in [0.15, 0.2) is 0 Å². The van der Waals surface area contributed by atoms with Crippen molar-refractivity contribution in [2.24, 2.45) is 0 Å². The van der Waals surface area contributed by atoms with Crippen molar-refractivity contribution >= 4 is 21.6 Å². The number of rotatable bonds is 6. The van der Waals surface area contributed by atoms with E-state index >= 15 is 0 Å². The van der Waals surface area contributed by atoms with Crippen molar-refractivity contribution < 1.29 is 17.6 Å². The first-order chi connectivity index (χ1) is 13.8. The Morgan fingerprint density at radius 3 is 2.34 bits per heavy atom. The van der Waals surface area contributed by atoms with E-state index in [1.165, 1.54) is 41.3 Å². The van der Waals surface area contributed by atoms with Gasteiger partial charge in [0, 0.05) is 19.2 Å². The van der Waals surface area contributed by atoms with Gasteiger partial charge in [0.05, 0.1) is 10.6 Å². The Balaban J connectivity index is 1.73. The Bertz CT molecular complexity index is 1130. The zero-order valence-corrected chi connectivity index (χ0v) is 16.9. The third-order valence-electron chi connectivity index (χ3n) is 4.46. The van der Waals surface area contributed by atoms with Crippen LogP contribution in [0.1, 0.15) is 21.5 Å². The number of sulfonamides is 1. The topological polar surface area (TPSA) is 66.5 Å². The first-order valence-electron chi connectivity index (χ1n) is 8.95. The fourth-order valence-corrected chi connectivity index (χ4v) is 4.00. The van der Waals surface area contributed by atoms with Crippen molar-refractivity contribution in [1.29, 1.82) is 0 Å². The van der Waals surface area contributed by atoms with E-state index in [0.29, 0.717) is 16.8 Å². The molecule has 0 aromatic heterocycles. The van der Waals surface area contributed by atoms with Crippen LogP contribution in [0.25, 0.3) is 0 Å². The highest BCUT2D eigenvalue weighted by molar-refractivity contribution is 7.92. The number of para-hydroxylation sites is 1. The Labute approximate surface area is 169 Å². The van der Waals surface area contributed by atoms with Crippen LogP contribution in [0.3, 0.4) is 0 Å². The van der Waals surface area contributed by atoms with E-state index in [9.17, 15) is 17.6 Å². The van der Waals surface area contributed by atoms with Gasteiger partial charge in [-0.15, -0.1) is 0 Å². The van der Waals surface area contributed by atoms with E-state index in [4.69, 9.17) is 0 Å². The second-order valence-electron chi connectivity index (χ2n) is 6.74. The molecule has 0 bridgehead atoms.